The number of hydrogen-bond donors (Lipinski definition) is 2. The van der Waals surface area contributed by atoms with E-state index >= 15 is 4.39 Å². The first-order valence-electron chi connectivity index (χ1n) is 11.8. The SMILES string of the molecule is C=N/C(=C\C=C\N(N)/C=N\N)CC(=O)N1CCN(CC(F)C2=C/C=C(\CC)C(=O)OC\C=C\2C)CC1. The van der Waals surface area contributed by atoms with Crippen molar-refractivity contribution in [3.63, 3.8) is 0 Å². The molecule has 2 rings (SSSR count). The van der Waals surface area contributed by atoms with Crippen LogP contribution in [0.4, 0.5) is 4.39 Å². The predicted molar refractivity (Wildman–Crippen MR) is 139 cm³/mol. The number of alkyl halides is 1. The molecule has 1 fully saturated rings. The number of amides is 1. The summed E-state index contributed by atoms with van der Waals surface area (Å²) < 4.78 is 20.6. The van der Waals surface area contributed by atoms with Gasteiger partial charge in [0, 0.05) is 50.2 Å². The number of halogens is 1. The minimum absolute atomic E-state index is 0.0775. The molecule has 0 aliphatic carbocycles. The van der Waals surface area contributed by atoms with E-state index in [0.717, 1.165) is 10.6 Å². The summed E-state index contributed by atoms with van der Waals surface area (Å²) in [4.78, 5) is 32.4. The number of cyclic esters (lactones) is 1. The summed E-state index contributed by atoms with van der Waals surface area (Å²) in [5.41, 5.74) is 2.29. The average Bonchev–Trinajstić information content (AvgIpc) is 2.92. The molecule has 4 N–H and O–H groups in total. The van der Waals surface area contributed by atoms with Gasteiger partial charge in [-0.25, -0.2) is 15.0 Å². The van der Waals surface area contributed by atoms with Gasteiger partial charge in [-0.15, -0.1) is 0 Å². The highest BCUT2D eigenvalue weighted by Crippen LogP contribution is 2.21. The minimum atomic E-state index is -1.23. The Balaban J connectivity index is 1.93. The number of hydrazine groups is 1. The van der Waals surface area contributed by atoms with Crippen LogP contribution < -0.4 is 11.7 Å². The lowest BCUT2D eigenvalue weighted by Gasteiger charge is -2.35. The van der Waals surface area contributed by atoms with Gasteiger partial charge in [-0.05, 0) is 49.4 Å². The molecule has 0 aromatic carbocycles. The van der Waals surface area contributed by atoms with Crippen LogP contribution in [0.2, 0.25) is 0 Å². The van der Waals surface area contributed by atoms with Gasteiger partial charge in [0.2, 0.25) is 5.91 Å². The van der Waals surface area contributed by atoms with Crippen molar-refractivity contribution < 1.29 is 18.7 Å². The third kappa shape index (κ3) is 8.90. The van der Waals surface area contributed by atoms with Gasteiger partial charge >= 0.3 is 5.97 Å². The Morgan fingerprint density at radius 1 is 1.33 bits per heavy atom. The number of carbonyl (C=O) groups is 2. The first-order chi connectivity index (χ1) is 17.3. The summed E-state index contributed by atoms with van der Waals surface area (Å²) in [6.07, 6.45) is 10.4. The van der Waals surface area contributed by atoms with E-state index in [1.807, 2.05) is 18.7 Å². The van der Waals surface area contributed by atoms with E-state index in [2.05, 4.69) is 16.8 Å². The highest BCUT2D eigenvalue weighted by molar-refractivity contribution is 5.89. The second-order valence-electron chi connectivity index (χ2n) is 8.35. The fourth-order valence-electron chi connectivity index (χ4n) is 3.76. The molecule has 2 aliphatic heterocycles. The molecule has 1 saturated heterocycles. The molecule has 11 heteroatoms. The normalized spacial score (nSPS) is 23.4. The number of aliphatic imine (C=N–C) groups is 1. The maximum Gasteiger partial charge on any atom is 0.334 e. The molecule has 1 amide bonds. The Morgan fingerprint density at radius 3 is 2.69 bits per heavy atom. The quantitative estimate of drug-likeness (QED) is 0.117. The summed E-state index contributed by atoms with van der Waals surface area (Å²) in [5.74, 6) is 10.1. The number of allylic oxidation sites excluding steroid dienone is 5. The van der Waals surface area contributed by atoms with E-state index < -0.39 is 6.17 Å². The number of ether oxygens (including phenoxy) is 1. The van der Waals surface area contributed by atoms with Crippen LogP contribution in [0.15, 0.2) is 69.1 Å². The number of esters is 1. The van der Waals surface area contributed by atoms with Gasteiger partial charge in [0.05, 0.1) is 6.42 Å². The molecule has 0 bridgehead atoms. The Hall–Kier alpha value is -3.57. The van der Waals surface area contributed by atoms with E-state index in [1.165, 1.54) is 12.5 Å². The summed E-state index contributed by atoms with van der Waals surface area (Å²) in [5, 5.41) is 4.45. The minimum Gasteiger partial charge on any atom is -0.458 e. The van der Waals surface area contributed by atoms with Gasteiger partial charge in [-0.2, -0.15) is 5.10 Å². The van der Waals surface area contributed by atoms with Crippen LogP contribution in [0.5, 0.6) is 0 Å². The predicted octanol–water partition coefficient (Wildman–Crippen LogP) is 1.80. The zero-order valence-electron chi connectivity index (χ0n) is 21.0. The highest BCUT2D eigenvalue weighted by Gasteiger charge is 2.25. The van der Waals surface area contributed by atoms with Gasteiger partial charge in [-0.1, -0.05) is 19.1 Å². The largest absolute Gasteiger partial charge is 0.458 e. The molecular formula is C25H36FN7O3. The maximum absolute atomic E-state index is 15.3. The molecule has 196 valence electrons. The molecule has 1 unspecified atom stereocenters. The van der Waals surface area contributed by atoms with Crippen LogP contribution in [-0.2, 0) is 14.3 Å². The monoisotopic (exact) mass is 501 g/mol. The summed E-state index contributed by atoms with van der Waals surface area (Å²) in [7, 11) is 0. The Kier molecular flexibility index (Phi) is 11.7. The molecule has 0 aromatic rings. The zero-order valence-corrected chi connectivity index (χ0v) is 21.0. The summed E-state index contributed by atoms with van der Waals surface area (Å²) >= 11 is 0. The Bertz CT molecular complexity index is 976. The molecule has 2 aliphatic rings. The zero-order chi connectivity index (χ0) is 26.5. The summed E-state index contributed by atoms with van der Waals surface area (Å²) in [6.45, 7) is 9.61. The van der Waals surface area contributed by atoms with Crippen molar-refractivity contribution in [2.45, 2.75) is 32.9 Å². The van der Waals surface area contributed by atoms with Crippen molar-refractivity contribution in [2.24, 2.45) is 21.8 Å². The smallest absolute Gasteiger partial charge is 0.334 e. The van der Waals surface area contributed by atoms with Crippen molar-refractivity contribution in [3.8, 4) is 0 Å². The van der Waals surface area contributed by atoms with Crippen molar-refractivity contribution in [2.75, 3.05) is 39.3 Å². The standard InChI is InChI=1S/C25H36FN7O3/c1-4-20-7-8-22(19(2)9-15-36-25(20)35)23(26)17-31-11-13-32(14-12-31)24(34)16-21(29-3)6-5-10-33(28)18-30-27/h5-10,18,23H,3-4,11-17,27-28H2,1-2H3/b10-5+,19-9+,20-7+,21-6-,22-8+,30-18-. The number of hydrogen-bond acceptors (Lipinski definition) is 8. The van der Waals surface area contributed by atoms with Gasteiger partial charge < -0.3 is 15.5 Å². The number of carbonyl (C=O) groups excluding carboxylic acids is 2. The Morgan fingerprint density at radius 2 is 2.06 bits per heavy atom. The Labute approximate surface area is 211 Å². The number of hydrazone groups is 1. The van der Waals surface area contributed by atoms with Crippen LogP contribution in [0.25, 0.3) is 0 Å². The van der Waals surface area contributed by atoms with Gasteiger partial charge in [0.15, 0.2) is 0 Å². The van der Waals surface area contributed by atoms with E-state index in [1.54, 1.807) is 35.3 Å². The second kappa shape index (κ2) is 14.7. The molecular weight excluding hydrogens is 465 g/mol. The van der Waals surface area contributed by atoms with Crippen LogP contribution >= 0.6 is 0 Å². The van der Waals surface area contributed by atoms with Crippen LogP contribution in [0.3, 0.4) is 0 Å². The fraction of sp³-hybridized carbons (Fsp3) is 0.440. The first-order valence-corrected chi connectivity index (χ1v) is 11.8. The van der Waals surface area contributed by atoms with Crippen molar-refractivity contribution in [1.82, 2.24) is 14.8 Å². The molecule has 0 spiro atoms. The van der Waals surface area contributed by atoms with Crippen LogP contribution in [0.1, 0.15) is 26.7 Å². The van der Waals surface area contributed by atoms with E-state index in [-0.39, 0.29) is 31.4 Å². The van der Waals surface area contributed by atoms with Gasteiger partial charge in [0.25, 0.3) is 0 Å². The average molecular weight is 502 g/mol. The molecule has 2 heterocycles. The molecule has 36 heavy (non-hydrogen) atoms. The molecule has 0 radical (unpaired) electrons. The maximum atomic E-state index is 15.3. The lowest BCUT2D eigenvalue weighted by Crippen LogP contribution is -2.50. The van der Waals surface area contributed by atoms with Crippen molar-refractivity contribution in [1.29, 1.82) is 0 Å². The summed E-state index contributed by atoms with van der Waals surface area (Å²) in [6, 6.07) is 0. The molecule has 1 atom stereocenters. The topological polar surface area (TPSA) is 130 Å². The highest BCUT2D eigenvalue weighted by atomic mass is 19.1. The van der Waals surface area contributed by atoms with Gasteiger partial charge in [0.1, 0.15) is 19.1 Å². The van der Waals surface area contributed by atoms with E-state index in [9.17, 15) is 9.59 Å². The van der Waals surface area contributed by atoms with Gasteiger partial charge in [-0.3, -0.25) is 19.7 Å². The van der Waals surface area contributed by atoms with Crippen molar-refractivity contribution in [3.05, 3.63) is 59.0 Å². The number of rotatable bonds is 10. The lowest BCUT2D eigenvalue weighted by atomic mass is 10.0. The second-order valence-corrected chi connectivity index (χ2v) is 8.35. The molecule has 10 nitrogen and oxygen atoms in total. The number of nitrogens with two attached hydrogens (primary N) is 2. The van der Waals surface area contributed by atoms with E-state index in [4.69, 9.17) is 16.4 Å². The number of piperazine rings is 1. The van der Waals surface area contributed by atoms with E-state index in [0.29, 0.717) is 49.4 Å². The third-order valence-electron chi connectivity index (χ3n) is 5.93. The van der Waals surface area contributed by atoms with Crippen molar-refractivity contribution >= 4 is 24.9 Å². The third-order valence-corrected chi connectivity index (χ3v) is 5.93. The van der Waals surface area contributed by atoms with Crippen LogP contribution in [0, 0.1) is 0 Å². The van der Waals surface area contributed by atoms with Crippen LogP contribution in [-0.4, -0.2) is 85.2 Å². The fourth-order valence-corrected chi connectivity index (χ4v) is 3.76. The molecule has 0 saturated carbocycles. The molecule has 0 aromatic heterocycles. The first kappa shape index (κ1) is 28.7. The lowest BCUT2D eigenvalue weighted by molar-refractivity contribution is -0.138. The number of nitrogens with zero attached hydrogens (tertiary/aromatic N) is 5.